The summed E-state index contributed by atoms with van der Waals surface area (Å²) in [6.07, 6.45) is 2.95. The van der Waals surface area contributed by atoms with Crippen molar-refractivity contribution < 1.29 is 0 Å². The number of aromatic nitrogens is 2. The zero-order valence-electron chi connectivity index (χ0n) is 11.7. The van der Waals surface area contributed by atoms with Gasteiger partial charge in [0.1, 0.15) is 0 Å². The van der Waals surface area contributed by atoms with Crippen LogP contribution in [0.5, 0.6) is 0 Å². The van der Waals surface area contributed by atoms with E-state index >= 15 is 0 Å². The van der Waals surface area contributed by atoms with Crippen molar-refractivity contribution in [1.29, 1.82) is 0 Å². The molecular weight excluding hydrogens is 302 g/mol. The molecule has 0 amide bonds. The molecule has 1 atom stereocenters. The van der Waals surface area contributed by atoms with Crippen LogP contribution >= 0.6 is 15.9 Å². The average molecular weight is 322 g/mol. The Balaban J connectivity index is 2.44. The molecule has 1 aromatic carbocycles. The van der Waals surface area contributed by atoms with Gasteiger partial charge in [-0.2, -0.15) is 5.10 Å². The number of rotatable bonds is 5. The maximum absolute atomic E-state index is 4.45. The van der Waals surface area contributed by atoms with Crippen LogP contribution in [0.3, 0.4) is 0 Å². The summed E-state index contributed by atoms with van der Waals surface area (Å²) in [4.78, 5) is 0. The summed E-state index contributed by atoms with van der Waals surface area (Å²) in [6.45, 7) is 5.22. The third-order valence-electron chi connectivity index (χ3n) is 3.21. The van der Waals surface area contributed by atoms with Gasteiger partial charge in [-0.1, -0.05) is 36.8 Å². The number of benzene rings is 1. The van der Waals surface area contributed by atoms with Crippen molar-refractivity contribution in [2.75, 3.05) is 7.05 Å². The van der Waals surface area contributed by atoms with Crippen LogP contribution in [0.4, 0.5) is 0 Å². The van der Waals surface area contributed by atoms with Gasteiger partial charge in [0.05, 0.1) is 22.4 Å². The molecule has 0 aliphatic carbocycles. The molecule has 0 aliphatic rings. The SMILES string of the molecule is CCCn1ncc(Br)c1C(NC)c1cccc(C)c1. The maximum atomic E-state index is 4.45. The number of halogens is 1. The fourth-order valence-corrected chi connectivity index (χ4v) is 2.89. The van der Waals surface area contributed by atoms with E-state index in [1.54, 1.807) is 0 Å². The predicted octanol–water partition coefficient (Wildman–Crippen LogP) is 3.67. The number of nitrogens with zero attached hydrogens (tertiary/aromatic N) is 2. The van der Waals surface area contributed by atoms with E-state index < -0.39 is 0 Å². The number of hydrogen-bond donors (Lipinski definition) is 1. The first-order valence-corrected chi connectivity index (χ1v) is 7.41. The van der Waals surface area contributed by atoms with Crippen LogP contribution in [-0.2, 0) is 6.54 Å². The standard InChI is InChI=1S/C15H20BrN3/c1-4-8-19-15(13(16)10-18-19)14(17-3)12-7-5-6-11(2)9-12/h5-7,9-10,14,17H,4,8H2,1-3H3. The number of hydrogen-bond acceptors (Lipinski definition) is 2. The van der Waals surface area contributed by atoms with Gasteiger partial charge in [-0.05, 0) is 41.9 Å². The minimum absolute atomic E-state index is 0.156. The molecule has 4 heteroatoms. The summed E-state index contributed by atoms with van der Waals surface area (Å²) in [5.41, 5.74) is 3.73. The monoisotopic (exact) mass is 321 g/mol. The van der Waals surface area contributed by atoms with Crippen molar-refractivity contribution in [1.82, 2.24) is 15.1 Å². The molecule has 0 saturated carbocycles. The van der Waals surface area contributed by atoms with Crippen molar-refractivity contribution in [3.63, 3.8) is 0 Å². The second-order valence-electron chi connectivity index (χ2n) is 4.74. The van der Waals surface area contributed by atoms with Gasteiger partial charge in [-0.3, -0.25) is 4.68 Å². The van der Waals surface area contributed by atoms with Crippen molar-refractivity contribution >= 4 is 15.9 Å². The topological polar surface area (TPSA) is 29.9 Å². The van der Waals surface area contributed by atoms with Gasteiger partial charge in [0.25, 0.3) is 0 Å². The molecule has 19 heavy (non-hydrogen) atoms. The number of aryl methyl sites for hydroxylation is 2. The molecule has 1 heterocycles. The first kappa shape index (κ1) is 14.3. The highest BCUT2D eigenvalue weighted by Gasteiger charge is 2.20. The molecular formula is C15H20BrN3. The molecule has 0 fully saturated rings. The van der Waals surface area contributed by atoms with Crippen molar-refractivity contribution in [3.8, 4) is 0 Å². The van der Waals surface area contributed by atoms with E-state index in [2.05, 4.69) is 69.1 Å². The van der Waals surface area contributed by atoms with E-state index in [9.17, 15) is 0 Å². The molecule has 1 aromatic heterocycles. The molecule has 0 spiro atoms. The van der Waals surface area contributed by atoms with E-state index in [4.69, 9.17) is 0 Å². The Morgan fingerprint density at radius 2 is 2.21 bits per heavy atom. The van der Waals surface area contributed by atoms with Crippen LogP contribution in [-0.4, -0.2) is 16.8 Å². The zero-order chi connectivity index (χ0) is 13.8. The highest BCUT2D eigenvalue weighted by Crippen LogP contribution is 2.29. The van der Waals surface area contributed by atoms with Crippen molar-refractivity contribution in [3.05, 3.63) is 51.8 Å². The minimum atomic E-state index is 0.156. The maximum Gasteiger partial charge on any atom is 0.0757 e. The van der Waals surface area contributed by atoms with E-state index in [1.807, 2.05) is 13.2 Å². The summed E-state index contributed by atoms with van der Waals surface area (Å²) in [7, 11) is 1.99. The normalized spacial score (nSPS) is 12.6. The third kappa shape index (κ3) is 3.07. The van der Waals surface area contributed by atoms with Gasteiger partial charge < -0.3 is 5.32 Å². The molecule has 102 valence electrons. The molecule has 1 N–H and O–H groups in total. The fourth-order valence-electron chi connectivity index (χ4n) is 2.36. The molecule has 2 rings (SSSR count). The third-order valence-corrected chi connectivity index (χ3v) is 3.82. The summed E-state index contributed by atoms with van der Waals surface area (Å²) < 4.78 is 3.13. The zero-order valence-corrected chi connectivity index (χ0v) is 13.2. The number of nitrogens with one attached hydrogen (secondary N) is 1. The highest BCUT2D eigenvalue weighted by atomic mass is 79.9. The highest BCUT2D eigenvalue weighted by molar-refractivity contribution is 9.10. The second kappa shape index (κ2) is 6.35. The summed E-state index contributed by atoms with van der Waals surface area (Å²) in [5, 5.41) is 7.85. The van der Waals surface area contributed by atoms with Gasteiger partial charge in [0.2, 0.25) is 0 Å². The lowest BCUT2D eigenvalue weighted by Crippen LogP contribution is -2.22. The van der Waals surface area contributed by atoms with Gasteiger partial charge in [-0.25, -0.2) is 0 Å². The molecule has 0 bridgehead atoms. The van der Waals surface area contributed by atoms with Crippen molar-refractivity contribution in [2.45, 2.75) is 32.9 Å². The van der Waals surface area contributed by atoms with E-state index in [0.29, 0.717) is 0 Å². The second-order valence-corrected chi connectivity index (χ2v) is 5.59. The average Bonchev–Trinajstić information content (AvgIpc) is 2.74. The quantitative estimate of drug-likeness (QED) is 0.910. The Morgan fingerprint density at radius 1 is 1.42 bits per heavy atom. The predicted molar refractivity (Wildman–Crippen MR) is 82.3 cm³/mol. The smallest absolute Gasteiger partial charge is 0.0757 e. The van der Waals surface area contributed by atoms with Gasteiger partial charge in [0, 0.05) is 6.54 Å². The first-order chi connectivity index (χ1) is 9.17. The molecule has 0 saturated heterocycles. The first-order valence-electron chi connectivity index (χ1n) is 6.62. The summed E-state index contributed by atoms with van der Waals surface area (Å²) in [5.74, 6) is 0. The van der Waals surface area contributed by atoms with Gasteiger partial charge in [-0.15, -0.1) is 0 Å². The molecule has 2 aromatic rings. The molecule has 1 unspecified atom stereocenters. The van der Waals surface area contributed by atoms with E-state index in [-0.39, 0.29) is 6.04 Å². The van der Waals surface area contributed by atoms with Crippen LogP contribution in [0.15, 0.2) is 34.9 Å². The molecule has 3 nitrogen and oxygen atoms in total. The lowest BCUT2D eigenvalue weighted by molar-refractivity contribution is 0.533. The Hall–Kier alpha value is -1.13. The van der Waals surface area contributed by atoms with Crippen LogP contribution in [0.25, 0.3) is 0 Å². The van der Waals surface area contributed by atoms with Crippen LogP contribution < -0.4 is 5.32 Å². The molecule has 0 aliphatic heterocycles. The van der Waals surface area contributed by atoms with Crippen LogP contribution in [0, 0.1) is 6.92 Å². The fraction of sp³-hybridized carbons (Fsp3) is 0.400. The van der Waals surface area contributed by atoms with Crippen molar-refractivity contribution in [2.24, 2.45) is 0 Å². The Bertz CT molecular complexity index is 548. The Labute approximate surface area is 123 Å². The van der Waals surface area contributed by atoms with Crippen LogP contribution in [0.1, 0.15) is 36.2 Å². The largest absolute Gasteiger partial charge is 0.308 e. The van der Waals surface area contributed by atoms with Gasteiger partial charge in [0.15, 0.2) is 0 Å². The lowest BCUT2D eigenvalue weighted by atomic mass is 10.0. The Kier molecular flexibility index (Phi) is 4.77. The van der Waals surface area contributed by atoms with E-state index in [1.165, 1.54) is 16.8 Å². The molecule has 0 radical (unpaired) electrons. The van der Waals surface area contributed by atoms with Crippen LogP contribution in [0.2, 0.25) is 0 Å². The summed E-state index contributed by atoms with van der Waals surface area (Å²) in [6, 6.07) is 8.75. The van der Waals surface area contributed by atoms with Gasteiger partial charge >= 0.3 is 0 Å². The minimum Gasteiger partial charge on any atom is -0.308 e. The lowest BCUT2D eigenvalue weighted by Gasteiger charge is -2.19. The van der Waals surface area contributed by atoms with E-state index in [0.717, 1.165) is 17.4 Å². The summed E-state index contributed by atoms with van der Waals surface area (Å²) >= 11 is 3.62. The Morgan fingerprint density at radius 3 is 2.84 bits per heavy atom.